The van der Waals surface area contributed by atoms with Crippen LogP contribution in [0.3, 0.4) is 0 Å². The zero-order valence-corrected chi connectivity index (χ0v) is 13.3. The second kappa shape index (κ2) is 6.06. The monoisotopic (exact) mass is 334 g/mol. The second-order valence-corrected chi connectivity index (χ2v) is 8.17. The number of halogens is 1. The molecule has 2 nitrogen and oxygen atoms in total. The number of hydrogen-bond donors (Lipinski definition) is 1. The van der Waals surface area contributed by atoms with Gasteiger partial charge in [0.25, 0.3) is 0 Å². The quantitative estimate of drug-likeness (QED) is 0.916. The second-order valence-electron chi connectivity index (χ2n) is 4.66. The average molecular weight is 335 g/mol. The van der Waals surface area contributed by atoms with Gasteiger partial charge in [0.1, 0.15) is 0 Å². The Morgan fingerprint density at radius 3 is 2.71 bits per heavy atom. The van der Waals surface area contributed by atoms with Crippen LogP contribution in [0.2, 0.25) is 0 Å². The van der Waals surface area contributed by atoms with Gasteiger partial charge in [-0.15, -0.1) is 11.3 Å². The van der Waals surface area contributed by atoms with E-state index < -0.39 is 0 Å². The Hall–Kier alpha value is 0.450. The van der Waals surface area contributed by atoms with E-state index in [0.717, 1.165) is 13.1 Å². The standard InChI is InChI=1S/C12H19BrN2S2/c1-15(7-10-6-11(13)17-8-10)12(9-14)2-4-16-5-3-12/h6,8H,2-5,7,9,14H2,1H3. The summed E-state index contributed by atoms with van der Waals surface area (Å²) < 4.78 is 1.21. The van der Waals surface area contributed by atoms with Crippen molar-refractivity contribution in [2.24, 2.45) is 5.73 Å². The summed E-state index contributed by atoms with van der Waals surface area (Å²) in [5, 5.41) is 2.22. The summed E-state index contributed by atoms with van der Waals surface area (Å²) in [6.45, 7) is 1.78. The van der Waals surface area contributed by atoms with Gasteiger partial charge in [0, 0.05) is 18.6 Å². The third kappa shape index (κ3) is 3.26. The van der Waals surface area contributed by atoms with E-state index >= 15 is 0 Å². The van der Waals surface area contributed by atoms with E-state index in [1.165, 1.54) is 33.7 Å². The molecule has 1 saturated heterocycles. The first kappa shape index (κ1) is 13.9. The molecule has 0 aromatic carbocycles. The molecule has 96 valence electrons. The molecular weight excluding hydrogens is 316 g/mol. The molecule has 0 saturated carbocycles. The smallest absolute Gasteiger partial charge is 0.0701 e. The lowest BCUT2D eigenvalue weighted by atomic mass is 9.90. The number of nitrogens with zero attached hydrogens (tertiary/aromatic N) is 1. The maximum absolute atomic E-state index is 6.04. The Bertz CT molecular complexity index is 361. The van der Waals surface area contributed by atoms with E-state index in [1.54, 1.807) is 11.3 Å². The molecule has 2 rings (SSSR count). The molecule has 0 spiro atoms. The van der Waals surface area contributed by atoms with Crippen LogP contribution in [0.1, 0.15) is 18.4 Å². The molecule has 0 amide bonds. The van der Waals surface area contributed by atoms with Crippen molar-refractivity contribution >= 4 is 39.0 Å². The van der Waals surface area contributed by atoms with Crippen LogP contribution in [0.25, 0.3) is 0 Å². The first-order valence-corrected chi connectivity index (χ1v) is 8.71. The third-order valence-electron chi connectivity index (χ3n) is 3.65. The minimum atomic E-state index is 0.222. The van der Waals surface area contributed by atoms with Gasteiger partial charge in [0.2, 0.25) is 0 Å². The van der Waals surface area contributed by atoms with Crippen LogP contribution in [0.4, 0.5) is 0 Å². The van der Waals surface area contributed by atoms with Gasteiger partial charge < -0.3 is 5.73 Å². The summed E-state index contributed by atoms with van der Waals surface area (Å²) >= 11 is 7.33. The molecule has 17 heavy (non-hydrogen) atoms. The lowest BCUT2D eigenvalue weighted by Gasteiger charge is -2.43. The van der Waals surface area contributed by atoms with E-state index in [1.807, 2.05) is 0 Å². The summed E-state index contributed by atoms with van der Waals surface area (Å²) in [7, 11) is 2.22. The molecule has 1 fully saturated rings. The normalized spacial score (nSPS) is 19.8. The highest BCUT2D eigenvalue weighted by Crippen LogP contribution is 2.32. The van der Waals surface area contributed by atoms with Gasteiger partial charge in [-0.25, -0.2) is 0 Å². The lowest BCUT2D eigenvalue weighted by molar-refractivity contribution is 0.108. The molecule has 5 heteroatoms. The van der Waals surface area contributed by atoms with Crippen LogP contribution in [0, 0.1) is 0 Å². The summed E-state index contributed by atoms with van der Waals surface area (Å²) in [4.78, 5) is 2.46. The minimum Gasteiger partial charge on any atom is -0.329 e. The zero-order valence-electron chi connectivity index (χ0n) is 10.1. The predicted octanol–water partition coefficient (Wildman–Crippen LogP) is 3.17. The van der Waals surface area contributed by atoms with E-state index in [4.69, 9.17) is 5.73 Å². The minimum absolute atomic E-state index is 0.222. The number of thioether (sulfide) groups is 1. The Labute approximate surface area is 120 Å². The molecular formula is C12H19BrN2S2. The predicted molar refractivity (Wildman–Crippen MR) is 81.8 cm³/mol. The van der Waals surface area contributed by atoms with Crippen molar-refractivity contribution in [3.8, 4) is 0 Å². The molecule has 1 aromatic heterocycles. The van der Waals surface area contributed by atoms with Crippen molar-refractivity contribution in [1.29, 1.82) is 0 Å². The zero-order chi connectivity index (χ0) is 12.3. The van der Waals surface area contributed by atoms with Crippen molar-refractivity contribution in [1.82, 2.24) is 4.90 Å². The summed E-state index contributed by atoms with van der Waals surface area (Å²) in [5.74, 6) is 2.49. The van der Waals surface area contributed by atoms with Gasteiger partial charge in [0.15, 0.2) is 0 Å². The van der Waals surface area contributed by atoms with E-state index in [-0.39, 0.29) is 5.54 Å². The van der Waals surface area contributed by atoms with Crippen molar-refractivity contribution in [2.45, 2.75) is 24.9 Å². The fourth-order valence-electron chi connectivity index (χ4n) is 2.36. The molecule has 0 bridgehead atoms. The highest BCUT2D eigenvalue weighted by molar-refractivity contribution is 9.11. The van der Waals surface area contributed by atoms with Crippen molar-refractivity contribution < 1.29 is 0 Å². The number of thiophene rings is 1. The van der Waals surface area contributed by atoms with E-state index in [2.05, 4.69) is 51.1 Å². The molecule has 2 heterocycles. The molecule has 1 aliphatic rings. The number of likely N-dealkylation sites (N-methyl/N-ethyl adjacent to an activating group) is 1. The summed E-state index contributed by atoms with van der Waals surface area (Å²) in [6.07, 6.45) is 2.44. The molecule has 1 aliphatic heterocycles. The van der Waals surface area contributed by atoms with Gasteiger partial charge >= 0.3 is 0 Å². The first-order valence-electron chi connectivity index (χ1n) is 5.88. The van der Waals surface area contributed by atoms with Crippen LogP contribution >= 0.6 is 39.0 Å². The van der Waals surface area contributed by atoms with Crippen LogP contribution < -0.4 is 5.73 Å². The van der Waals surface area contributed by atoms with Crippen LogP contribution in [0.5, 0.6) is 0 Å². The Morgan fingerprint density at radius 2 is 2.18 bits per heavy atom. The summed E-state index contributed by atoms with van der Waals surface area (Å²) in [6, 6.07) is 2.21. The number of rotatable bonds is 4. The SMILES string of the molecule is CN(Cc1csc(Br)c1)C1(CN)CCSCC1. The largest absolute Gasteiger partial charge is 0.329 e. The molecule has 1 aromatic rings. The van der Waals surface area contributed by atoms with Crippen molar-refractivity contribution in [3.63, 3.8) is 0 Å². The summed E-state index contributed by atoms with van der Waals surface area (Å²) in [5.41, 5.74) is 7.65. The molecule has 2 N–H and O–H groups in total. The maximum atomic E-state index is 6.04. The third-order valence-corrected chi connectivity index (χ3v) is 6.19. The molecule has 0 radical (unpaired) electrons. The molecule has 0 atom stereocenters. The van der Waals surface area contributed by atoms with Crippen molar-refractivity contribution in [2.75, 3.05) is 25.1 Å². The highest BCUT2D eigenvalue weighted by atomic mass is 79.9. The van der Waals surface area contributed by atoms with E-state index in [9.17, 15) is 0 Å². The molecule has 0 aliphatic carbocycles. The van der Waals surface area contributed by atoms with Gasteiger partial charge in [-0.2, -0.15) is 11.8 Å². The van der Waals surface area contributed by atoms with Gasteiger partial charge in [0.05, 0.1) is 3.79 Å². The first-order chi connectivity index (χ1) is 8.16. The fourth-order valence-corrected chi connectivity index (χ4v) is 4.82. The topological polar surface area (TPSA) is 29.3 Å². The average Bonchev–Trinajstić information content (AvgIpc) is 2.75. The van der Waals surface area contributed by atoms with Gasteiger partial charge in [-0.3, -0.25) is 4.90 Å². The Balaban J connectivity index is 2.04. The van der Waals surface area contributed by atoms with Crippen LogP contribution in [-0.2, 0) is 6.54 Å². The van der Waals surface area contributed by atoms with Crippen LogP contribution in [-0.4, -0.2) is 35.5 Å². The fraction of sp³-hybridized carbons (Fsp3) is 0.667. The van der Waals surface area contributed by atoms with Crippen molar-refractivity contribution in [3.05, 3.63) is 20.8 Å². The van der Waals surface area contributed by atoms with Gasteiger partial charge in [-0.05, 0) is 64.3 Å². The number of nitrogens with two attached hydrogens (primary N) is 1. The maximum Gasteiger partial charge on any atom is 0.0701 e. The van der Waals surface area contributed by atoms with E-state index in [0.29, 0.717) is 0 Å². The highest BCUT2D eigenvalue weighted by Gasteiger charge is 2.34. The lowest BCUT2D eigenvalue weighted by Crippen LogP contribution is -2.53. The number of hydrogen-bond acceptors (Lipinski definition) is 4. The van der Waals surface area contributed by atoms with Gasteiger partial charge in [-0.1, -0.05) is 0 Å². The molecule has 0 unspecified atom stereocenters. The Morgan fingerprint density at radius 1 is 1.47 bits per heavy atom. The van der Waals surface area contributed by atoms with Crippen LogP contribution in [0.15, 0.2) is 15.2 Å². The Kier molecular flexibility index (Phi) is 4.95.